The van der Waals surface area contributed by atoms with E-state index in [9.17, 15) is 8.42 Å². The molecule has 1 aliphatic carbocycles. The summed E-state index contributed by atoms with van der Waals surface area (Å²) in [5.74, 6) is 5.19. The Hall–Kier alpha value is -1.39. The molecule has 0 aliphatic heterocycles. The molecule has 21 heavy (non-hydrogen) atoms. The van der Waals surface area contributed by atoms with Crippen LogP contribution in [0.2, 0.25) is 0 Å². The second kappa shape index (κ2) is 6.58. The minimum absolute atomic E-state index is 0.0258. The lowest BCUT2D eigenvalue weighted by Gasteiger charge is -2.21. The fraction of sp³-hybridized carbons (Fsp3) is 0.467. The third-order valence-electron chi connectivity index (χ3n) is 3.30. The first kappa shape index (κ1) is 16.0. The molecule has 1 aromatic carbocycles. The summed E-state index contributed by atoms with van der Waals surface area (Å²) in [6.07, 6.45) is 1.64. The first-order valence-electron chi connectivity index (χ1n) is 6.83. The minimum atomic E-state index is -3.69. The second-order valence-electron chi connectivity index (χ2n) is 5.03. The number of sulfonamides is 1. The topological polar surface area (TPSA) is 77.8 Å². The van der Waals surface area contributed by atoms with Crippen molar-refractivity contribution in [3.63, 3.8) is 0 Å². The number of aliphatic hydroxyl groups is 2. The van der Waals surface area contributed by atoms with Gasteiger partial charge in [-0.05, 0) is 37.5 Å². The zero-order valence-electron chi connectivity index (χ0n) is 11.9. The molecule has 0 heterocycles. The molecule has 0 unspecified atom stereocenters. The highest BCUT2D eigenvalue weighted by molar-refractivity contribution is 7.89. The lowest BCUT2D eigenvalue weighted by molar-refractivity contribution is 0.250. The molecule has 0 amide bonds. The molecule has 6 heteroatoms. The normalized spacial score (nSPS) is 14.9. The number of hydrogen-bond donors (Lipinski definition) is 2. The first-order valence-corrected chi connectivity index (χ1v) is 8.28. The summed E-state index contributed by atoms with van der Waals surface area (Å²) in [5, 5.41) is 17.9. The van der Waals surface area contributed by atoms with Crippen molar-refractivity contribution in [1.29, 1.82) is 0 Å². The van der Waals surface area contributed by atoms with E-state index in [1.54, 1.807) is 18.2 Å². The van der Waals surface area contributed by atoms with Gasteiger partial charge >= 0.3 is 0 Å². The molecule has 114 valence electrons. The molecule has 5 nitrogen and oxygen atoms in total. The van der Waals surface area contributed by atoms with Gasteiger partial charge in [0.2, 0.25) is 10.0 Å². The largest absolute Gasteiger partial charge is 0.395 e. The highest BCUT2D eigenvalue weighted by atomic mass is 32.2. The highest BCUT2D eigenvalue weighted by Crippen LogP contribution is 2.32. The second-order valence-corrected chi connectivity index (χ2v) is 6.89. The van der Waals surface area contributed by atoms with E-state index < -0.39 is 10.0 Å². The molecule has 1 aromatic rings. The lowest BCUT2D eigenvalue weighted by atomic mass is 10.1. The number of hydrogen-bond acceptors (Lipinski definition) is 4. The number of benzene rings is 1. The smallest absolute Gasteiger partial charge is 0.244 e. The van der Waals surface area contributed by atoms with Crippen molar-refractivity contribution in [1.82, 2.24) is 4.31 Å². The maximum atomic E-state index is 12.8. The monoisotopic (exact) mass is 309 g/mol. The number of rotatable bonds is 5. The van der Waals surface area contributed by atoms with Gasteiger partial charge in [-0.15, -0.1) is 0 Å². The van der Waals surface area contributed by atoms with E-state index in [1.165, 1.54) is 4.31 Å². The van der Waals surface area contributed by atoms with E-state index in [0.717, 1.165) is 18.4 Å². The molecule has 0 aromatic heterocycles. The molecular formula is C15H19NO4S. The van der Waals surface area contributed by atoms with Gasteiger partial charge in [0, 0.05) is 18.2 Å². The molecule has 2 rings (SSSR count). The Morgan fingerprint density at radius 2 is 2.05 bits per heavy atom. The van der Waals surface area contributed by atoms with Crippen LogP contribution < -0.4 is 0 Å². The summed E-state index contributed by atoms with van der Waals surface area (Å²) in [7, 11) is -3.69. The van der Waals surface area contributed by atoms with E-state index in [-0.39, 0.29) is 30.7 Å². The Balaban J connectivity index is 2.47. The van der Waals surface area contributed by atoms with Crippen molar-refractivity contribution in [2.45, 2.75) is 30.7 Å². The maximum Gasteiger partial charge on any atom is 0.244 e. The Bertz CT molecular complexity index is 669. The van der Waals surface area contributed by atoms with Gasteiger partial charge < -0.3 is 10.2 Å². The highest BCUT2D eigenvalue weighted by Gasteiger charge is 2.38. The summed E-state index contributed by atoms with van der Waals surface area (Å²) < 4.78 is 26.9. The third kappa shape index (κ3) is 3.63. The Morgan fingerprint density at radius 1 is 1.33 bits per heavy atom. The molecule has 0 radical (unpaired) electrons. The fourth-order valence-corrected chi connectivity index (χ4v) is 3.99. The predicted octanol–water partition coefficient (Wildman–Crippen LogP) is 0.484. The van der Waals surface area contributed by atoms with Crippen LogP contribution in [0.5, 0.6) is 0 Å². The summed E-state index contributed by atoms with van der Waals surface area (Å²) in [6, 6.07) is 4.93. The molecule has 0 saturated heterocycles. The zero-order chi connectivity index (χ0) is 15.5. The average Bonchev–Trinajstić information content (AvgIpc) is 3.26. The van der Waals surface area contributed by atoms with Crippen LogP contribution in [0.3, 0.4) is 0 Å². The molecule has 0 atom stereocenters. The van der Waals surface area contributed by atoms with Gasteiger partial charge in [-0.1, -0.05) is 17.9 Å². The van der Waals surface area contributed by atoms with Gasteiger partial charge in [-0.25, -0.2) is 8.42 Å². The van der Waals surface area contributed by atoms with Gasteiger partial charge in [0.15, 0.2) is 0 Å². The van der Waals surface area contributed by atoms with Crippen molar-refractivity contribution >= 4 is 10.0 Å². The summed E-state index contributed by atoms with van der Waals surface area (Å²) in [5.41, 5.74) is 1.28. The molecule has 1 aliphatic rings. The van der Waals surface area contributed by atoms with E-state index in [2.05, 4.69) is 11.8 Å². The number of aryl methyl sites for hydroxylation is 1. The van der Waals surface area contributed by atoms with Crippen molar-refractivity contribution in [2.75, 3.05) is 19.8 Å². The van der Waals surface area contributed by atoms with Gasteiger partial charge in [0.1, 0.15) is 6.61 Å². The van der Waals surface area contributed by atoms with Gasteiger partial charge in [-0.2, -0.15) is 4.31 Å². The molecule has 0 bridgehead atoms. The van der Waals surface area contributed by atoms with Crippen LogP contribution in [0.4, 0.5) is 0 Å². The van der Waals surface area contributed by atoms with E-state index in [1.807, 2.05) is 6.92 Å². The molecular weight excluding hydrogens is 290 g/mol. The third-order valence-corrected chi connectivity index (χ3v) is 5.31. The average molecular weight is 309 g/mol. The SMILES string of the molecule is Cc1ccc(S(=O)(=O)N(CCO)C2CC2)c(C#CCO)c1. The Morgan fingerprint density at radius 3 is 2.62 bits per heavy atom. The van der Waals surface area contributed by atoms with Crippen LogP contribution in [0.15, 0.2) is 23.1 Å². The van der Waals surface area contributed by atoms with E-state index in [4.69, 9.17) is 10.2 Å². The van der Waals surface area contributed by atoms with Crippen LogP contribution in [-0.2, 0) is 10.0 Å². The van der Waals surface area contributed by atoms with Crippen LogP contribution in [0, 0.1) is 18.8 Å². The van der Waals surface area contributed by atoms with Crippen LogP contribution >= 0.6 is 0 Å². The van der Waals surface area contributed by atoms with E-state index in [0.29, 0.717) is 5.56 Å². The zero-order valence-corrected chi connectivity index (χ0v) is 12.7. The predicted molar refractivity (Wildman–Crippen MR) is 79.1 cm³/mol. The number of aliphatic hydroxyl groups excluding tert-OH is 2. The molecule has 1 saturated carbocycles. The Kier molecular flexibility index (Phi) is 5.01. The summed E-state index contributed by atoms with van der Waals surface area (Å²) >= 11 is 0. The molecule has 2 N–H and O–H groups in total. The van der Waals surface area contributed by atoms with Crippen LogP contribution in [0.25, 0.3) is 0 Å². The quantitative estimate of drug-likeness (QED) is 0.776. The minimum Gasteiger partial charge on any atom is -0.395 e. The number of nitrogens with zero attached hydrogens (tertiary/aromatic N) is 1. The van der Waals surface area contributed by atoms with Crippen LogP contribution in [0.1, 0.15) is 24.0 Å². The maximum absolute atomic E-state index is 12.8. The Labute approximate surface area is 125 Å². The van der Waals surface area contributed by atoms with Crippen molar-refractivity contribution < 1.29 is 18.6 Å². The fourth-order valence-electron chi connectivity index (χ4n) is 2.19. The van der Waals surface area contributed by atoms with Gasteiger partial charge in [0.05, 0.1) is 11.5 Å². The summed E-state index contributed by atoms with van der Waals surface area (Å²) in [6.45, 7) is 1.41. The first-order chi connectivity index (χ1) is 10.0. The van der Waals surface area contributed by atoms with Gasteiger partial charge in [-0.3, -0.25) is 0 Å². The van der Waals surface area contributed by atoms with Crippen molar-refractivity contribution in [3.8, 4) is 11.8 Å². The van der Waals surface area contributed by atoms with Crippen molar-refractivity contribution in [3.05, 3.63) is 29.3 Å². The van der Waals surface area contributed by atoms with Gasteiger partial charge in [0.25, 0.3) is 0 Å². The van der Waals surface area contributed by atoms with Crippen molar-refractivity contribution in [2.24, 2.45) is 0 Å². The summed E-state index contributed by atoms with van der Waals surface area (Å²) in [4.78, 5) is 0.134. The molecule has 0 spiro atoms. The van der Waals surface area contributed by atoms with Crippen LogP contribution in [-0.4, -0.2) is 48.7 Å². The standard InChI is InChI=1S/C15H19NO4S/c1-12-4-7-15(13(11-12)3-2-9-17)21(19,20)16(8-10-18)14-5-6-14/h4,7,11,14,17-18H,5-6,8-10H2,1H3. The molecule has 1 fully saturated rings. The lowest BCUT2D eigenvalue weighted by Crippen LogP contribution is -2.35. The van der Waals surface area contributed by atoms with E-state index >= 15 is 0 Å².